The van der Waals surface area contributed by atoms with Crippen LogP contribution in [0.4, 0.5) is 4.39 Å². The summed E-state index contributed by atoms with van der Waals surface area (Å²) >= 11 is 5.65. The molecule has 1 N–H and O–H groups in total. The maximum atomic E-state index is 13.3. The Morgan fingerprint density at radius 2 is 2.00 bits per heavy atom. The van der Waals surface area contributed by atoms with Gasteiger partial charge in [0.25, 0.3) is 0 Å². The lowest BCUT2D eigenvalue weighted by molar-refractivity contribution is 0.303. The molecule has 0 spiro atoms. The fourth-order valence-electron chi connectivity index (χ4n) is 1.65. The summed E-state index contributed by atoms with van der Waals surface area (Å²) in [6.45, 7) is 8.97. The smallest absolute Gasteiger partial charge is 0.142 e. The fraction of sp³-hybridized carbons (Fsp3) is 0.571. The zero-order chi connectivity index (χ0) is 13.8. The van der Waals surface area contributed by atoms with Crippen LogP contribution < -0.4 is 5.32 Å². The Bertz CT molecular complexity index is 388. The van der Waals surface area contributed by atoms with Crippen molar-refractivity contribution in [1.82, 2.24) is 10.2 Å². The van der Waals surface area contributed by atoms with E-state index in [0.717, 1.165) is 25.2 Å². The predicted molar refractivity (Wildman–Crippen MR) is 75.5 cm³/mol. The average Bonchev–Trinajstić information content (AvgIpc) is 2.21. The van der Waals surface area contributed by atoms with E-state index in [0.29, 0.717) is 0 Å². The summed E-state index contributed by atoms with van der Waals surface area (Å²) in [6.07, 6.45) is 0. The van der Waals surface area contributed by atoms with E-state index >= 15 is 0 Å². The van der Waals surface area contributed by atoms with Crippen LogP contribution in [-0.2, 0) is 6.54 Å². The second-order valence-electron chi connectivity index (χ2n) is 5.66. The van der Waals surface area contributed by atoms with E-state index in [-0.39, 0.29) is 16.4 Å². The summed E-state index contributed by atoms with van der Waals surface area (Å²) in [5.74, 6) is -0.351. The second-order valence-corrected chi connectivity index (χ2v) is 6.07. The Balaban J connectivity index is 2.40. The molecule has 102 valence electrons. The molecule has 0 aliphatic heterocycles. The third-order valence-corrected chi connectivity index (χ3v) is 2.89. The normalized spacial score (nSPS) is 12.2. The molecule has 18 heavy (non-hydrogen) atoms. The van der Waals surface area contributed by atoms with E-state index in [1.165, 1.54) is 6.07 Å². The van der Waals surface area contributed by atoms with E-state index in [1.54, 1.807) is 6.07 Å². The standard InChI is InChI=1S/C14H22ClFN2/c1-14(2,3)17-7-8-18(4)10-11-5-6-12(15)13(16)9-11/h5-6,9,17H,7-8,10H2,1-4H3. The Morgan fingerprint density at radius 1 is 1.33 bits per heavy atom. The maximum Gasteiger partial charge on any atom is 0.142 e. The molecule has 0 saturated heterocycles. The molecule has 0 fully saturated rings. The first kappa shape index (κ1) is 15.4. The van der Waals surface area contributed by atoms with Crippen LogP contribution in [-0.4, -0.2) is 30.6 Å². The topological polar surface area (TPSA) is 15.3 Å². The first-order valence-electron chi connectivity index (χ1n) is 6.15. The van der Waals surface area contributed by atoms with Crippen molar-refractivity contribution < 1.29 is 4.39 Å². The molecule has 0 radical (unpaired) electrons. The number of halogens is 2. The quantitative estimate of drug-likeness (QED) is 0.885. The summed E-state index contributed by atoms with van der Waals surface area (Å²) in [5.41, 5.74) is 1.07. The number of benzene rings is 1. The molecule has 4 heteroatoms. The van der Waals surface area contributed by atoms with Gasteiger partial charge in [-0.25, -0.2) is 4.39 Å². The minimum atomic E-state index is -0.351. The van der Waals surface area contributed by atoms with Gasteiger partial charge in [0, 0.05) is 25.2 Å². The minimum Gasteiger partial charge on any atom is -0.311 e. The lowest BCUT2D eigenvalue weighted by atomic mass is 10.1. The van der Waals surface area contributed by atoms with Crippen molar-refractivity contribution in [2.75, 3.05) is 20.1 Å². The number of hydrogen-bond donors (Lipinski definition) is 1. The first-order chi connectivity index (χ1) is 8.28. The highest BCUT2D eigenvalue weighted by atomic mass is 35.5. The van der Waals surface area contributed by atoms with Crippen molar-refractivity contribution in [3.63, 3.8) is 0 Å². The zero-order valence-corrected chi connectivity index (χ0v) is 12.3. The van der Waals surface area contributed by atoms with Crippen LogP contribution >= 0.6 is 11.6 Å². The van der Waals surface area contributed by atoms with Gasteiger partial charge in [-0.1, -0.05) is 17.7 Å². The molecule has 0 aliphatic carbocycles. The predicted octanol–water partition coefficient (Wildman–Crippen LogP) is 3.30. The van der Waals surface area contributed by atoms with Crippen molar-refractivity contribution in [2.24, 2.45) is 0 Å². The Kier molecular flexibility index (Phi) is 5.57. The Hall–Kier alpha value is -0.640. The second kappa shape index (κ2) is 6.50. The van der Waals surface area contributed by atoms with Gasteiger partial charge in [0.1, 0.15) is 5.82 Å². The maximum absolute atomic E-state index is 13.3. The number of likely N-dealkylation sites (N-methyl/N-ethyl adjacent to an activating group) is 1. The number of nitrogens with one attached hydrogen (secondary N) is 1. The minimum absolute atomic E-state index is 0.132. The van der Waals surface area contributed by atoms with Crippen LogP contribution in [0.2, 0.25) is 5.02 Å². The van der Waals surface area contributed by atoms with Gasteiger partial charge in [-0.3, -0.25) is 0 Å². The van der Waals surface area contributed by atoms with Crippen LogP contribution in [0.25, 0.3) is 0 Å². The third kappa shape index (κ3) is 5.80. The molecule has 0 unspecified atom stereocenters. The monoisotopic (exact) mass is 272 g/mol. The molecule has 0 atom stereocenters. The van der Waals surface area contributed by atoms with Gasteiger partial charge < -0.3 is 10.2 Å². The summed E-state index contributed by atoms with van der Waals surface area (Å²) in [7, 11) is 2.02. The van der Waals surface area contributed by atoms with Gasteiger partial charge >= 0.3 is 0 Å². The first-order valence-corrected chi connectivity index (χ1v) is 6.53. The third-order valence-electron chi connectivity index (χ3n) is 2.59. The molecule has 1 aromatic carbocycles. The van der Waals surface area contributed by atoms with Crippen LogP contribution in [0.5, 0.6) is 0 Å². The molecule has 0 bridgehead atoms. The van der Waals surface area contributed by atoms with Crippen LogP contribution in [0.15, 0.2) is 18.2 Å². The van der Waals surface area contributed by atoms with E-state index in [2.05, 4.69) is 31.0 Å². The van der Waals surface area contributed by atoms with Gasteiger partial charge in [-0.15, -0.1) is 0 Å². The van der Waals surface area contributed by atoms with Gasteiger partial charge in [0.15, 0.2) is 0 Å². The lowest BCUT2D eigenvalue weighted by Crippen LogP contribution is -2.40. The van der Waals surface area contributed by atoms with Gasteiger partial charge in [-0.05, 0) is 45.5 Å². The van der Waals surface area contributed by atoms with Crippen molar-refractivity contribution in [3.8, 4) is 0 Å². The molecule has 0 aliphatic rings. The van der Waals surface area contributed by atoms with Crippen LogP contribution in [0.3, 0.4) is 0 Å². The molecule has 2 nitrogen and oxygen atoms in total. The lowest BCUT2D eigenvalue weighted by Gasteiger charge is -2.23. The average molecular weight is 273 g/mol. The van der Waals surface area contributed by atoms with Crippen molar-refractivity contribution in [1.29, 1.82) is 0 Å². The van der Waals surface area contributed by atoms with Gasteiger partial charge in [0.05, 0.1) is 5.02 Å². The highest BCUT2D eigenvalue weighted by Crippen LogP contribution is 2.16. The highest BCUT2D eigenvalue weighted by Gasteiger charge is 2.09. The fourth-order valence-corrected chi connectivity index (χ4v) is 1.77. The van der Waals surface area contributed by atoms with Gasteiger partial charge in [0.2, 0.25) is 0 Å². The van der Waals surface area contributed by atoms with Crippen molar-refractivity contribution in [3.05, 3.63) is 34.6 Å². The molecule has 0 heterocycles. The number of hydrogen-bond acceptors (Lipinski definition) is 2. The molecule has 0 aromatic heterocycles. The van der Waals surface area contributed by atoms with E-state index in [9.17, 15) is 4.39 Å². The largest absolute Gasteiger partial charge is 0.311 e. The van der Waals surface area contributed by atoms with Crippen molar-refractivity contribution >= 4 is 11.6 Å². The molecule has 0 amide bonds. The summed E-state index contributed by atoms with van der Waals surface area (Å²) in [6, 6.07) is 4.96. The van der Waals surface area contributed by atoms with Crippen LogP contribution in [0.1, 0.15) is 26.3 Å². The van der Waals surface area contributed by atoms with Crippen LogP contribution in [0, 0.1) is 5.82 Å². The molecular formula is C14H22ClFN2. The Morgan fingerprint density at radius 3 is 2.56 bits per heavy atom. The molecule has 1 aromatic rings. The summed E-state index contributed by atoms with van der Waals surface area (Å²) in [4.78, 5) is 2.15. The van der Waals surface area contributed by atoms with E-state index in [1.807, 2.05) is 13.1 Å². The molecule has 1 rings (SSSR count). The molecular weight excluding hydrogens is 251 g/mol. The zero-order valence-electron chi connectivity index (χ0n) is 11.6. The highest BCUT2D eigenvalue weighted by molar-refractivity contribution is 6.30. The van der Waals surface area contributed by atoms with E-state index in [4.69, 9.17) is 11.6 Å². The Labute approximate surface area is 114 Å². The summed E-state index contributed by atoms with van der Waals surface area (Å²) < 4.78 is 13.3. The molecule has 0 saturated carbocycles. The van der Waals surface area contributed by atoms with Crippen molar-refractivity contribution in [2.45, 2.75) is 32.9 Å². The van der Waals surface area contributed by atoms with Gasteiger partial charge in [-0.2, -0.15) is 0 Å². The summed E-state index contributed by atoms with van der Waals surface area (Å²) in [5, 5.41) is 3.60. The number of rotatable bonds is 5. The van der Waals surface area contributed by atoms with E-state index < -0.39 is 0 Å². The SMILES string of the molecule is CN(CCNC(C)(C)C)Cc1ccc(Cl)c(F)c1. The number of nitrogens with zero attached hydrogens (tertiary/aromatic N) is 1.